The first-order valence-corrected chi connectivity index (χ1v) is 6.50. The molecule has 0 aromatic heterocycles. The van der Waals surface area contributed by atoms with Gasteiger partial charge < -0.3 is 0 Å². The van der Waals surface area contributed by atoms with Crippen molar-refractivity contribution in [2.24, 2.45) is 23.2 Å². The van der Waals surface area contributed by atoms with E-state index in [1.54, 1.807) is 0 Å². The Kier molecular flexibility index (Phi) is 4.29. The van der Waals surface area contributed by atoms with Crippen molar-refractivity contribution in [3.63, 3.8) is 0 Å². The highest BCUT2D eigenvalue weighted by Gasteiger charge is 2.38. The average Bonchev–Trinajstić information content (AvgIpc) is 2.25. The van der Waals surface area contributed by atoms with Crippen molar-refractivity contribution in [3.8, 4) is 0 Å². The average molecular weight is 236 g/mol. The SMILES string of the molecule is CC(C)C(=O)C1CCC=CC1C(=O)C(C)(C)C. The molecule has 2 nitrogen and oxygen atoms in total. The van der Waals surface area contributed by atoms with Crippen molar-refractivity contribution >= 4 is 11.6 Å². The van der Waals surface area contributed by atoms with Gasteiger partial charge in [0.1, 0.15) is 11.6 Å². The van der Waals surface area contributed by atoms with Crippen LogP contribution in [0.3, 0.4) is 0 Å². The van der Waals surface area contributed by atoms with E-state index in [-0.39, 0.29) is 34.7 Å². The van der Waals surface area contributed by atoms with Gasteiger partial charge in [-0.15, -0.1) is 0 Å². The molecule has 0 radical (unpaired) electrons. The van der Waals surface area contributed by atoms with Crippen molar-refractivity contribution in [2.75, 3.05) is 0 Å². The molecule has 0 aliphatic heterocycles. The third kappa shape index (κ3) is 3.27. The minimum atomic E-state index is -0.373. The number of carbonyl (C=O) groups excluding carboxylic acids is 2. The van der Waals surface area contributed by atoms with Crippen LogP contribution in [0.15, 0.2) is 12.2 Å². The monoisotopic (exact) mass is 236 g/mol. The van der Waals surface area contributed by atoms with E-state index in [0.717, 1.165) is 12.8 Å². The van der Waals surface area contributed by atoms with Gasteiger partial charge in [-0.05, 0) is 12.8 Å². The first-order chi connectivity index (χ1) is 7.75. The van der Waals surface area contributed by atoms with Gasteiger partial charge in [0.15, 0.2) is 0 Å². The summed E-state index contributed by atoms with van der Waals surface area (Å²) in [6, 6.07) is 0. The molecule has 2 unspecified atom stereocenters. The van der Waals surface area contributed by atoms with Gasteiger partial charge in [-0.1, -0.05) is 46.8 Å². The lowest BCUT2D eigenvalue weighted by Crippen LogP contribution is -2.38. The van der Waals surface area contributed by atoms with E-state index in [4.69, 9.17) is 0 Å². The molecule has 2 heteroatoms. The number of hydrogen-bond donors (Lipinski definition) is 0. The first-order valence-electron chi connectivity index (χ1n) is 6.50. The summed E-state index contributed by atoms with van der Waals surface area (Å²) in [7, 11) is 0. The Morgan fingerprint density at radius 2 is 1.82 bits per heavy atom. The van der Waals surface area contributed by atoms with Crippen LogP contribution in [-0.2, 0) is 9.59 Å². The van der Waals surface area contributed by atoms with Crippen molar-refractivity contribution in [2.45, 2.75) is 47.5 Å². The Balaban J connectivity index is 2.94. The minimum Gasteiger partial charge on any atom is -0.299 e. The van der Waals surface area contributed by atoms with Gasteiger partial charge in [0.2, 0.25) is 0 Å². The van der Waals surface area contributed by atoms with Crippen molar-refractivity contribution < 1.29 is 9.59 Å². The van der Waals surface area contributed by atoms with Crippen molar-refractivity contribution in [1.82, 2.24) is 0 Å². The van der Waals surface area contributed by atoms with Gasteiger partial charge in [0, 0.05) is 23.2 Å². The highest BCUT2D eigenvalue weighted by atomic mass is 16.1. The van der Waals surface area contributed by atoms with Gasteiger partial charge >= 0.3 is 0 Å². The topological polar surface area (TPSA) is 34.1 Å². The highest BCUT2D eigenvalue weighted by molar-refractivity contribution is 5.94. The molecule has 96 valence electrons. The molecule has 0 saturated heterocycles. The van der Waals surface area contributed by atoms with E-state index in [0.29, 0.717) is 0 Å². The fourth-order valence-electron chi connectivity index (χ4n) is 2.35. The standard InChI is InChI=1S/C15H24O2/c1-10(2)13(16)11-8-6-7-9-12(11)14(17)15(3,4)5/h7,9-12H,6,8H2,1-5H3. The number of ketones is 2. The molecule has 17 heavy (non-hydrogen) atoms. The lowest BCUT2D eigenvalue weighted by atomic mass is 9.70. The van der Waals surface area contributed by atoms with Crippen molar-refractivity contribution in [1.29, 1.82) is 0 Å². The quantitative estimate of drug-likeness (QED) is 0.704. The summed E-state index contributed by atoms with van der Waals surface area (Å²) in [6.07, 6.45) is 5.72. The molecule has 0 N–H and O–H groups in total. The number of Topliss-reactive ketones (excluding diaryl/α,β-unsaturated/α-hetero) is 2. The van der Waals surface area contributed by atoms with Crippen LogP contribution in [0.4, 0.5) is 0 Å². The molecule has 1 aliphatic rings. The zero-order chi connectivity index (χ0) is 13.2. The van der Waals surface area contributed by atoms with E-state index < -0.39 is 0 Å². The van der Waals surface area contributed by atoms with Gasteiger partial charge in [-0.3, -0.25) is 9.59 Å². The Morgan fingerprint density at radius 1 is 1.24 bits per heavy atom. The summed E-state index contributed by atoms with van der Waals surface area (Å²) in [5.41, 5.74) is -0.373. The Bertz CT molecular complexity index is 331. The van der Waals surface area contributed by atoms with Gasteiger partial charge in [-0.2, -0.15) is 0 Å². The maximum absolute atomic E-state index is 12.4. The normalized spacial score (nSPS) is 25.1. The van der Waals surface area contributed by atoms with Gasteiger partial charge in [0.05, 0.1) is 0 Å². The van der Waals surface area contributed by atoms with Crippen LogP contribution in [0.5, 0.6) is 0 Å². The molecule has 0 bridgehead atoms. The second-order valence-corrected chi connectivity index (χ2v) is 6.31. The summed E-state index contributed by atoms with van der Waals surface area (Å²) < 4.78 is 0. The van der Waals surface area contributed by atoms with Gasteiger partial charge in [-0.25, -0.2) is 0 Å². The zero-order valence-corrected chi connectivity index (χ0v) is 11.6. The lowest BCUT2D eigenvalue weighted by Gasteiger charge is -2.31. The predicted octanol–water partition coefficient (Wildman–Crippen LogP) is 3.41. The van der Waals surface area contributed by atoms with Crippen molar-refractivity contribution in [3.05, 3.63) is 12.2 Å². The Morgan fingerprint density at radius 3 is 2.29 bits per heavy atom. The fraction of sp³-hybridized carbons (Fsp3) is 0.733. The van der Waals surface area contributed by atoms with Crippen LogP contribution in [0, 0.1) is 23.2 Å². The molecule has 0 heterocycles. The number of allylic oxidation sites excluding steroid dienone is 2. The summed E-state index contributed by atoms with van der Waals surface area (Å²) in [5, 5.41) is 0. The third-order valence-corrected chi connectivity index (χ3v) is 3.40. The molecule has 0 aromatic rings. The van der Waals surface area contributed by atoms with E-state index in [1.165, 1.54) is 0 Å². The maximum Gasteiger partial charge on any atom is 0.145 e. The molecule has 0 aromatic carbocycles. The molecule has 2 atom stereocenters. The molecular weight excluding hydrogens is 212 g/mol. The smallest absolute Gasteiger partial charge is 0.145 e. The molecule has 0 spiro atoms. The summed E-state index contributed by atoms with van der Waals surface area (Å²) in [4.78, 5) is 24.5. The van der Waals surface area contributed by atoms with Crippen LogP contribution < -0.4 is 0 Å². The number of carbonyl (C=O) groups is 2. The van der Waals surface area contributed by atoms with Crippen LogP contribution in [0.1, 0.15) is 47.5 Å². The fourth-order valence-corrected chi connectivity index (χ4v) is 2.35. The zero-order valence-electron chi connectivity index (χ0n) is 11.6. The highest BCUT2D eigenvalue weighted by Crippen LogP contribution is 2.33. The summed E-state index contributed by atoms with van der Waals surface area (Å²) in [6.45, 7) is 9.61. The van der Waals surface area contributed by atoms with E-state index in [9.17, 15) is 9.59 Å². The lowest BCUT2D eigenvalue weighted by molar-refractivity contribution is -0.137. The van der Waals surface area contributed by atoms with E-state index in [2.05, 4.69) is 0 Å². The molecule has 0 fully saturated rings. The number of hydrogen-bond acceptors (Lipinski definition) is 2. The second-order valence-electron chi connectivity index (χ2n) is 6.31. The third-order valence-electron chi connectivity index (χ3n) is 3.40. The Labute approximate surface area is 104 Å². The number of rotatable bonds is 3. The summed E-state index contributed by atoms with van der Waals surface area (Å²) in [5.74, 6) is 0.122. The van der Waals surface area contributed by atoms with Crippen LogP contribution in [0.2, 0.25) is 0 Å². The molecular formula is C15H24O2. The minimum absolute atomic E-state index is 0.0155. The van der Waals surface area contributed by atoms with Crippen LogP contribution in [-0.4, -0.2) is 11.6 Å². The molecule has 1 aliphatic carbocycles. The maximum atomic E-state index is 12.4. The van der Waals surface area contributed by atoms with Crippen LogP contribution >= 0.6 is 0 Å². The molecule has 1 rings (SSSR count). The van der Waals surface area contributed by atoms with Crippen LogP contribution in [0.25, 0.3) is 0 Å². The predicted molar refractivity (Wildman–Crippen MR) is 69.7 cm³/mol. The Hall–Kier alpha value is -0.920. The van der Waals surface area contributed by atoms with E-state index in [1.807, 2.05) is 46.8 Å². The largest absolute Gasteiger partial charge is 0.299 e. The second kappa shape index (κ2) is 5.16. The molecule has 0 saturated carbocycles. The van der Waals surface area contributed by atoms with E-state index >= 15 is 0 Å². The first kappa shape index (κ1) is 14.1. The van der Waals surface area contributed by atoms with Gasteiger partial charge in [0.25, 0.3) is 0 Å². The molecule has 0 amide bonds. The summed E-state index contributed by atoms with van der Waals surface area (Å²) >= 11 is 0.